The fourth-order valence-electron chi connectivity index (χ4n) is 9.05. The number of phenolic OH excluding ortho intramolecular Hbond substituents is 1. The van der Waals surface area contributed by atoms with Gasteiger partial charge in [-0.3, -0.25) is 9.59 Å². The van der Waals surface area contributed by atoms with E-state index in [1.807, 2.05) is 48.7 Å². The van der Waals surface area contributed by atoms with Crippen molar-refractivity contribution < 1.29 is 24.5 Å². The highest BCUT2D eigenvalue weighted by molar-refractivity contribution is 6.00. The number of nitrogen functional groups attached to an aromatic ring is 1. The first-order chi connectivity index (χ1) is 26.5. The number of nitrogens with zero attached hydrogens (tertiary/aromatic N) is 2. The van der Waals surface area contributed by atoms with Gasteiger partial charge in [0.05, 0.1) is 32.0 Å². The van der Waals surface area contributed by atoms with Crippen LogP contribution >= 0.6 is 0 Å². The summed E-state index contributed by atoms with van der Waals surface area (Å²) in [5, 5.41) is 23.0. The van der Waals surface area contributed by atoms with Crippen molar-refractivity contribution in [1.29, 1.82) is 0 Å². The number of carbonyl (C=O) groups excluding carboxylic acids is 2. The van der Waals surface area contributed by atoms with Gasteiger partial charge in [-0.15, -0.1) is 4.99 Å². The number of pyridine rings is 1. The Balaban J connectivity index is 1.43. The number of allylic oxidation sites excluding steroid dienone is 1. The molecule has 7 atom stereocenters. The zero-order chi connectivity index (χ0) is 39.1. The van der Waals surface area contributed by atoms with E-state index in [2.05, 4.69) is 48.7 Å². The van der Waals surface area contributed by atoms with Gasteiger partial charge in [0.25, 0.3) is 0 Å². The van der Waals surface area contributed by atoms with Gasteiger partial charge < -0.3 is 20.7 Å². The van der Waals surface area contributed by atoms with Crippen LogP contribution < -0.4 is 10.5 Å². The second-order valence-electron chi connectivity index (χ2n) is 16.1. The number of methoxy groups -OCH3 is 1. The van der Waals surface area contributed by atoms with Crippen molar-refractivity contribution in [2.45, 2.75) is 97.0 Å². The summed E-state index contributed by atoms with van der Waals surface area (Å²) < 4.78 is 5.47. The quantitative estimate of drug-likeness (QED) is 0.102. The van der Waals surface area contributed by atoms with Gasteiger partial charge in [-0.25, -0.2) is 4.98 Å². The Kier molecular flexibility index (Phi) is 13.2. The number of anilines is 1. The van der Waals surface area contributed by atoms with Gasteiger partial charge in [-0.2, -0.15) is 0 Å². The number of aryl methyl sites for hydroxylation is 1. The maximum Gasteiger partial charge on any atom is 0.177 e. The monoisotopic (exact) mass is 742 g/mol. The van der Waals surface area contributed by atoms with Crippen LogP contribution in [-0.4, -0.2) is 46.2 Å². The fraction of sp³-hybridized carbons (Fsp3) is 0.468. The molecule has 0 radical (unpaired) electrons. The molecular weight excluding hydrogens is 687 g/mol. The minimum atomic E-state index is -0.633. The van der Waals surface area contributed by atoms with Crippen LogP contribution in [0.5, 0.6) is 11.5 Å². The van der Waals surface area contributed by atoms with Gasteiger partial charge in [-0.05, 0) is 117 Å². The first-order valence-corrected chi connectivity index (χ1v) is 20.0. The largest absolute Gasteiger partial charge is 0.504 e. The number of phenols is 1. The van der Waals surface area contributed by atoms with Crippen LogP contribution in [0, 0.1) is 53.3 Å². The molecule has 55 heavy (non-hydrogen) atoms. The number of aliphatic hydroxyl groups excluding tert-OH is 1. The number of Topliss-reactive ketones (excluding diaryl/α,β-unsaturated/α-hetero) is 2. The zero-order valence-corrected chi connectivity index (χ0v) is 32.7. The third-order valence-electron chi connectivity index (χ3n) is 11.9. The lowest BCUT2D eigenvalue weighted by Crippen LogP contribution is -2.32. The molecule has 1 fully saturated rings. The van der Waals surface area contributed by atoms with Crippen LogP contribution in [0.2, 0.25) is 0 Å². The molecule has 8 heteroatoms. The molecule has 3 aliphatic rings. The standard InChI is InChI=1S/C47H55N3O5/c1-5-9-40(43(52)25-37-22-36(28-50-37)29(2)3)35-20-31(18-30-16-17-49-47(48)21-30)19-33-13-15-39(32-10-7-6-8-11-32)41-27-45(54)46(55-4)24-34(41)12-14-38(51)26-44(53)42(33)23-35/h6-8,10-11,16-17,21-22,24,27-29,31,33,35,39-40,42-43,52H,5,9,12,14,18-20,23,25-26H2,1-4H3,(H2-,48,49,54)/p+1/t31-,33-,35+,39-,40+,42-,43-/m1/s1. The molecule has 6 rings (SSSR count). The van der Waals surface area contributed by atoms with E-state index in [4.69, 9.17) is 10.5 Å². The van der Waals surface area contributed by atoms with Gasteiger partial charge in [-0.1, -0.05) is 55.5 Å². The lowest BCUT2D eigenvalue weighted by atomic mass is 9.73. The predicted octanol–water partition coefficient (Wildman–Crippen LogP) is 8.25. The summed E-state index contributed by atoms with van der Waals surface area (Å²) in [5.74, 6) is 8.37. The van der Waals surface area contributed by atoms with E-state index in [1.165, 1.54) is 7.11 Å². The summed E-state index contributed by atoms with van der Waals surface area (Å²) in [6.07, 6.45) is 10.5. The number of fused-ring (bicyclic) bond motifs is 2. The van der Waals surface area contributed by atoms with Crippen molar-refractivity contribution in [2.24, 2.45) is 40.5 Å². The summed E-state index contributed by atoms with van der Waals surface area (Å²) in [4.78, 5) is 37.0. The Hall–Kier alpha value is -4.87. The molecule has 0 amide bonds. The van der Waals surface area contributed by atoms with Crippen molar-refractivity contribution in [3.63, 3.8) is 0 Å². The summed E-state index contributed by atoms with van der Waals surface area (Å²) >= 11 is 0. The average Bonchev–Trinajstić information content (AvgIpc) is 3.56. The second-order valence-corrected chi connectivity index (χ2v) is 16.1. The highest BCUT2D eigenvalue weighted by Crippen LogP contribution is 2.45. The van der Waals surface area contributed by atoms with Crippen molar-refractivity contribution in [1.82, 2.24) is 4.98 Å². The second kappa shape index (κ2) is 18.2. The molecule has 1 aliphatic heterocycles. The molecule has 0 spiro atoms. The van der Waals surface area contributed by atoms with Crippen molar-refractivity contribution >= 4 is 23.6 Å². The molecule has 1 aromatic heterocycles. The Morgan fingerprint density at radius 1 is 1.04 bits per heavy atom. The van der Waals surface area contributed by atoms with E-state index < -0.39 is 17.9 Å². The zero-order valence-electron chi connectivity index (χ0n) is 32.7. The number of ether oxygens (including phenoxy) is 1. The smallest absolute Gasteiger partial charge is 0.177 e. The van der Waals surface area contributed by atoms with Crippen LogP contribution in [0.3, 0.4) is 0 Å². The number of benzene rings is 2. The van der Waals surface area contributed by atoms with E-state index in [-0.39, 0.29) is 53.8 Å². The summed E-state index contributed by atoms with van der Waals surface area (Å²) in [5.41, 5.74) is 10.8. The number of aliphatic hydroxyl groups is 1. The molecule has 0 saturated heterocycles. The lowest BCUT2D eigenvalue weighted by molar-refractivity contribution is -0.130. The number of aromatic hydroxyl groups is 1. The molecule has 3 aromatic rings. The van der Waals surface area contributed by atoms with Gasteiger partial charge in [0.15, 0.2) is 17.2 Å². The highest BCUT2D eigenvalue weighted by Gasteiger charge is 2.42. The van der Waals surface area contributed by atoms with Crippen LogP contribution in [0.15, 0.2) is 77.6 Å². The number of carbonyl (C=O) groups is 2. The highest BCUT2D eigenvalue weighted by atomic mass is 16.5. The number of aliphatic imine (C=N–C) groups is 1. The molecule has 1 saturated carbocycles. The predicted molar refractivity (Wildman–Crippen MR) is 218 cm³/mol. The molecular formula is C47H56N3O5+. The third kappa shape index (κ3) is 9.87. The Labute approximate surface area is 326 Å². The molecule has 2 aliphatic carbocycles. The SMILES string of the molecule is CCC[C@@H]([C@H]1C[C@H](Cc2ccnc(N)c2)C[C@H]2C#C[C@H](c3ccccc3)c3cc(O)c(OC)cc3CCC(=O)CC(=O)[C@@H]2C1)[C@H](O)CC1=C[C+](C(C)C)C=N1. The van der Waals surface area contributed by atoms with E-state index >= 15 is 0 Å². The number of hydrogen-bond acceptors (Lipinski definition) is 8. The molecule has 288 valence electrons. The first kappa shape index (κ1) is 39.8. The minimum Gasteiger partial charge on any atom is -0.504 e. The maximum atomic E-state index is 14.5. The van der Waals surface area contributed by atoms with E-state index in [1.54, 1.807) is 18.3 Å². The molecule has 0 bridgehead atoms. The maximum absolute atomic E-state index is 14.5. The van der Waals surface area contributed by atoms with Crippen LogP contribution in [-0.2, 0) is 22.4 Å². The van der Waals surface area contributed by atoms with Crippen LogP contribution in [0.25, 0.3) is 0 Å². The fourth-order valence-corrected chi connectivity index (χ4v) is 9.05. The van der Waals surface area contributed by atoms with Crippen LogP contribution in [0.1, 0.15) is 100 Å². The van der Waals surface area contributed by atoms with E-state index in [0.717, 1.165) is 59.6 Å². The third-order valence-corrected chi connectivity index (χ3v) is 11.9. The normalized spacial score (nSPS) is 24.0. The number of rotatable bonds is 11. The average molecular weight is 743 g/mol. The Morgan fingerprint density at radius 2 is 1.84 bits per heavy atom. The van der Waals surface area contributed by atoms with Gasteiger partial charge in [0, 0.05) is 30.4 Å². The van der Waals surface area contributed by atoms with Crippen LogP contribution in [0.4, 0.5) is 5.82 Å². The first-order valence-electron chi connectivity index (χ1n) is 20.0. The van der Waals surface area contributed by atoms with Gasteiger partial charge in [0.2, 0.25) is 0 Å². The number of nitrogens with two attached hydrogens (primary N) is 1. The van der Waals surface area contributed by atoms with Crippen molar-refractivity contribution in [2.75, 3.05) is 12.8 Å². The van der Waals surface area contributed by atoms with E-state index in [0.29, 0.717) is 43.2 Å². The molecule has 8 nitrogen and oxygen atoms in total. The Morgan fingerprint density at radius 3 is 2.55 bits per heavy atom. The van der Waals surface area contributed by atoms with E-state index in [9.17, 15) is 19.8 Å². The summed E-state index contributed by atoms with van der Waals surface area (Å²) in [7, 11) is 1.51. The minimum absolute atomic E-state index is 0.0161. The summed E-state index contributed by atoms with van der Waals surface area (Å²) in [6.45, 7) is 6.43. The summed E-state index contributed by atoms with van der Waals surface area (Å²) in [6, 6.07) is 17.4. The molecule has 0 unspecified atom stereocenters. The molecule has 4 N–H and O–H groups in total. The number of aromatic nitrogens is 1. The number of hydrogen-bond donors (Lipinski definition) is 3. The lowest BCUT2D eigenvalue weighted by Gasteiger charge is -2.32. The molecule has 2 heterocycles. The van der Waals surface area contributed by atoms with Crippen molar-refractivity contribution in [3.8, 4) is 23.3 Å². The molecule has 2 aromatic carbocycles. The van der Waals surface area contributed by atoms with Crippen molar-refractivity contribution in [3.05, 3.63) is 101 Å². The van der Waals surface area contributed by atoms with Gasteiger partial charge >= 0.3 is 0 Å². The number of ketones is 2. The Bertz CT molecular complexity index is 1940. The van der Waals surface area contributed by atoms with Gasteiger partial charge in [0.1, 0.15) is 35.6 Å². The topological polar surface area (TPSA) is 135 Å².